The molecule has 0 atom stereocenters. The Hall–Kier alpha value is -1.81. The van der Waals surface area contributed by atoms with Crippen LogP contribution in [0.3, 0.4) is 0 Å². The van der Waals surface area contributed by atoms with E-state index in [9.17, 15) is 8.42 Å². The molecular formula is C14H13NO3S2. The summed E-state index contributed by atoms with van der Waals surface area (Å²) in [4.78, 5) is 0. The highest BCUT2D eigenvalue weighted by Crippen LogP contribution is 2.21. The largest absolute Gasteiger partial charge is 0.384 e. The van der Waals surface area contributed by atoms with Crippen LogP contribution in [0.5, 0.6) is 0 Å². The van der Waals surface area contributed by atoms with Crippen molar-refractivity contribution in [3.63, 3.8) is 0 Å². The van der Waals surface area contributed by atoms with Crippen molar-refractivity contribution < 1.29 is 13.5 Å². The van der Waals surface area contributed by atoms with Crippen LogP contribution in [0.4, 0.5) is 5.69 Å². The van der Waals surface area contributed by atoms with E-state index in [0.29, 0.717) is 11.3 Å². The second-order valence-electron chi connectivity index (χ2n) is 4.09. The topological polar surface area (TPSA) is 66.4 Å². The van der Waals surface area contributed by atoms with Crippen molar-refractivity contribution in [2.45, 2.75) is 11.1 Å². The molecule has 6 heteroatoms. The molecular weight excluding hydrogens is 294 g/mol. The Morgan fingerprint density at radius 1 is 1.35 bits per heavy atom. The molecule has 0 fully saturated rings. The Labute approximate surface area is 122 Å². The fraction of sp³-hybridized carbons (Fsp3) is 0.143. The highest BCUT2D eigenvalue weighted by Gasteiger charge is 2.15. The summed E-state index contributed by atoms with van der Waals surface area (Å²) in [6.07, 6.45) is 0. The monoisotopic (exact) mass is 307 g/mol. The molecule has 0 aliphatic rings. The Bertz CT molecular complexity index is 753. The van der Waals surface area contributed by atoms with Gasteiger partial charge in [-0.3, -0.25) is 4.72 Å². The molecule has 0 aliphatic heterocycles. The van der Waals surface area contributed by atoms with Crippen LogP contribution in [0, 0.1) is 18.8 Å². The van der Waals surface area contributed by atoms with E-state index in [0.717, 1.165) is 16.9 Å². The highest BCUT2D eigenvalue weighted by molar-refractivity contribution is 7.94. The van der Waals surface area contributed by atoms with Crippen LogP contribution in [0.2, 0.25) is 0 Å². The Balaban J connectivity index is 2.32. The van der Waals surface area contributed by atoms with Crippen LogP contribution in [-0.4, -0.2) is 20.1 Å². The number of hydrogen-bond acceptors (Lipinski definition) is 4. The van der Waals surface area contributed by atoms with Crippen molar-refractivity contribution in [2.24, 2.45) is 0 Å². The zero-order chi connectivity index (χ0) is 14.6. The van der Waals surface area contributed by atoms with Crippen molar-refractivity contribution in [3.05, 3.63) is 46.8 Å². The maximum absolute atomic E-state index is 12.1. The summed E-state index contributed by atoms with van der Waals surface area (Å²) < 4.78 is 27.0. The van der Waals surface area contributed by atoms with Gasteiger partial charge < -0.3 is 5.11 Å². The summed E-state index contributed by atoms with van der Waals surface area (Å²) in [6.45, 7) is 1.62. The molecule has 2 N–H and O–H groups in total. The lowest BCUT2D eigenvalue weighted by Gasteiger charge is -2.08. The van der Waals surface area contributed by atoms with E-state index in [1.807, 2.05) is 13.0 Å². The van der Waals surface area contributed by atoms with E-state index in [1.54, 1.807) is 29.6 Å². The molecule has 0 spiro atoms. The fourth-order valence-corrected chi connectivity index (χ4v) is 3.71. The van der Waals surface area contributed by atoms with Crippen LogP contribution in [0.1, 0.15) is 11.1 Å². The van der Waals surface area contributed by atoms with E-state index in [-0.39, 0.29) is 10.8 Å². The van der Waals surface area contributed by atoms with Gasteiger partial charge in [-0.15, -0.1) is 11.3 Å². The second kappa shape index (κ2) is 6.09. The lowest BCUT2D eigenvalue weighted by atomic mass is 10.1. The molecule has 4 nitrogen and oxygen atoms in total. The number of aliphatic hydroxyl groups is 1. The van der Waals surface area contributed by atoms with Crippen LogP contribution >= 0.6 is 11.3 Å². The van der Waals surface area contributed by atoms with Gasteiger partial charge in [0.1, 0.15) is 10.8 Å². The van der Waals surface area contributed by atoms with Gasteiger partial charge in [-0.25, -0.2) is 8.42 Å². The summed E-state index contributed by atoms with van der Waals surface area (Å²) in [5.41, 5.74) is 2.00. The van der Waals surface area contributed by atoms with Gasteiger partial charge in [0.2, 0.25) is 0 Å². The molecule has 0 saturated carbocycles. The standard InChI is InChI=1S/C14H13NO3S2/c1-11-8-12(4-2-6-16)10-13(9-11)15-20(17,18)14-5-3-7-19-14/h3,5,7-10,15-16H,6H2,1H3. The SMILES string of the molecule is Cc1cc(C#CCO)cc(NS(=O)(=O)c2cccs2)c1. The molecule has 0 amide bonds. The predicted octanol–water partition coefficient (Wildman–Crippen LogP) is 2.20. The minimum absolute atomic E-state index is 0.232. The molecule has 0 unspecified atom stereocenters. The minimum atomic E-state index is -3.55. The molecule has 104 valence electrons. The van der Waals surface area contributed by atoms with Gasteiger partial charge >= 0.3 is 0 Å². The molecule has 1 heterocycles. The molecule has 1 aromatic carbocycles. The van der Waals surface area contributed by atoms with E-state index in [2.05, 4.69) is 16.6 Å². The van der Waals surface area contributed by atoms with Gasteiger partial charge in [0.05, 0.1) is 5.69 Å². The molecule has 2 aromatic rings. The molecule has 20 heavy (non-hydrogen) atoms. The van der Waals surface area contributed by atoms with Crippen LogP contribution in [0.25, 0.3) is 0 Å². The van der Waals surface area contributed by atoms with Crippen LogP contribution < -0.4 is 4.72 Å². The Kier molecular flexibility index (Phi) is 4.45. The summed E-state index contributed by atoms with van der Waals surface area (Å²) in [5, 5.41) is 10.4. The Morgan fingerprint density at radius 3 is 2.80 bits per heavy atom. The number of aliphatic hydroxyl groups excluding tert-OH is 1. The summed E-state index contributed by atoms with van der Waals surface area (Å²) in [5.74, 6) is 5.30. The van der Waals surface area contributed by atoms with Gasteiger partial charge in [-0.05, 0) is 42.1 Å². The number of benzene rings is 1. The number of hydrogen-bond donors (Lipinski definition) is 2. The van der Waals surface area contributed by atoms with Crippen molar-refractivity contribution in [1.82, 2.24) is 0 Å². The molecule has 0 saturated heterocycles. The molecule has 0 aliphatic carbocycles. The molecule has 2 rings (SSSR count). The van der Waals surface area contributed by atoms with Crippen LogP contribution in [0.15, 0.2) is 39.9 Å². The molecule has 0 radical (unpaired) electrons. The molecule has 0 bridgehead atoms. The van der Waals surface area contributed by atoms with Gasteiger partial charge in [0.15, 0.2) is 0 Å². The summed E-state index contributed by atoms with van der Waals surface area (Å²) in [7, 11) is -3.55. The normalized spacial score (nSPS) is 10.7. The van der Waals surface area contributed by atoms with Crippen molar-refractivity contribution >= 4 is 27.0 Å². The first kappa shape index (κ1) is 14.6. The van der Waals surface area contributed by atoms with E-state index in [1.165, 1.54) is 0 Å². The smallest absolute Gasteiger partial charge is 0.271 e. The number of thiophene rings is 1. The van der Waals surface area contributed by atoms with Gasteiger partial charge in [-0.1, -0.05) is 17.9 Å². The van der Waals surface area contributed by atoms with E-state index in [4.69, 9.17) is 5.11 Å². The zero-order valence-electron chi connectivity index (χ0n) is 10.8. The van der Waals surface area contributed by atoms with E-state index >= 15 is 0 Å². The first-order chi connectivity index (χ1) is 9.51. The van der Waals surface area contributed by atoms with Crippen LogP contribution in [-0.2, 0) is 10.0 Å². The highest BCUT2D eigenvalue weighted by atomic mass is 32.2. The van der Waals surface area contributed by atoms with Gasteiger partial charge in [-0.2, -0.15) is 0 Å². The third kappa shape index (κ3) is 3.61. The zero-order valence-corrected chi connectivity index (χ0v) is 12.4. The maximum atomic E-state index is 12.1. The quantitative estimate of drug-likeness (QED) is 0.854. The third-order valence-corrected chi connectivity index (χ3v) is 5.18. The second-order valence-corrected chi connectivity index (χ2v) is 6.94. The minimum Gasteiger partial charge on any atom is -0.384 e. The average molecular weight is 307 g/mol. The fourth-order valence-electron chi connectivity index (χ4n) is 1.68. The first-order valence-corrected chi connectivity index (χ1v) is 8.15. The Morgan fingerprint density at radius 2 is 2.15 bits per heavy atom. The lowest BCUT2D eigenvalue weighted by molar-refractivity contribution is 0.350. The number of nitrogens with one attached hydrogen (secondary N) is 1. The third-order valence-electron chi connectivity index (χ3n) is 2.40. The first-order valence-electron chi connectivity index (χ1n) is 5.79. The number of aryl methyl sites for hydroxylation is 1. The van der Waals surface area contributed by atoms with Gasteiger partial charge in [0.25, 0.3) is 10.0 Å². The molecule has 1 aromatic heterocycles. The van der Waals surface area contributed by atoms with E-state index < -0.39 is 10.0 Å². The summed E-state index contributed by atoms with van der Waals surface area (Å²) in [6, 6.07) is 8.44. The number of sulfonamides is 1. The van der Waals surface area contributed by atoms with Gasteiger partial charge in [0, 0.05) is 5.56 Å². The summed E-state index contributed by atoms with van der Waals surface area (Å²) >= 11 is 1.16. The average Bonchev–Trinajstić information content (AvgIpc) is 2.89. The van der Waals surface area contributed by atoms with Crippen molar-refractivity contribution in [2.75, 3.05) is 11.3 Å². The maximum Gasteiger partial charge on any atom is 0.271 e. The van der Waals surface area contributed by atoms with Crippen molar-refractivity contribution in [1.29, 1.82) is 0 Å². The predicted molar refractivity (Wildman–Crippen MR) is 80.3 cm³/mol. The number of rotatable bonds is 3. The lowest BCUT2D eigenvalue weighted by Crippen LogP contribution is -2.11. The number of anilines is 1. The van der Waals surface area contributed by atoms with Crippen molar-refractivity contribution in [3.8, 4) is 11.8 Å².